The smallest absolute Gasteiger partial charge is 0.161 e. The third-order valence-corrected chi connectivity index (χ3v) is 3.78. The summed E-state index contributed by atoms with van der Waals surface area (Å²) < 4.78 is 10.6. The minimum atomic E-state index is 0.0817. The SMILES string of the molecule is COc1ccc([C@H](C)NCc2cc(Cl)ccc2O)cc1OC. The topological polar surface area (TPSA) is 50.7 Å². The Morgan fingerprint density at radius 3 is 2.50 bits per heavy atom. The van der Waals surface area contributed by atoms with Crippen LogP contribution in [0.5, 0.6) is 17.2 Å². The molecule has 2 aromatic rings. The van der Waals surface area contributed by atoms with Crippen LogP contribution in [0.4, 0.5) is 0 Å². The lowest BCUT2D eigenvalue weighted by Crippen LogP contribution is -2.18. The first-order valence-electron chi connectivity index (χ1n) is 6.98. The van der Waals surface area contributed by atoms with E-state index in [0.29, 0.717) is 23.1 Å². The van der Waals surface area contributed by atoms with Gasteiger partial charge < -0.3 is 19.9 Å². The number of ether oxygens (including phenoxy) is 2. The van der Waals surface area contributed by atoms with Gasteiger partial charge in [-0.3, -0.25) is 0 Å². The zero-order valence-electron chi connectivity index (χ0n) is 12.9. The molecule has 4 nitrogen and oxygen atoms in total. The molecule has 118 valence electrons. The Morgan fingerprint density at radius 1 is 1.09 bits per heavy atom. The Kier molecular flexibility index (Phi) is 5.52. The Morgan fingerprint density at radius 2 is 1.82 bits per heavy atom. The second kappa shape index (κ2) is 7.38. The summed E-state index contributed by atoms with van der Waals surface area (Å²) in [5, 5.41) is 13.8. The number of benzene rings is 2. The third kappa shape index (κ3) is 3.84. The van der Waals surface area contributed by atoms with Crippen molar-refractivity contribution in [3.8, 4) is 17.2 Å². The average Bonchev–Trinajstić information content (AvgIpc) is 2.54. The molecule has 2 rings (SSSR count). The van der Waals surface area contributed by atoms with Gasteiger partial charge in [0.05, 0.1) is 14.2 Å². The fourth-order valence-corrected chi connectivity index (χ4v) is 2.39. The molecule has 0 saturated heterocycles. The van der Waals surface area contributed by atoms with Crippen LogP contribution in [0, 0.1) is 0 Å². The number of nitrogens with one attached hydrogen (secondary N) is 1. The standard InChI is InChI=1S/C17H20ClNO3/c1-11(12-4-7-16(21-2)17(9-12)22-3)19-10-13-8-14(18)5-6-15(13)20/h4-9,11,19-20H,10H2,1-3H3/t11-/m0/s1. The molecular weight excluding hydrogens is 302 g/mol. The molecular formula is C17H20ClNO3. The quantitative estimate of drug-likeness (QED) is 0.847. The van der Waals surface area contributed by atoms with E-state index in [1.54, 1.807) is 32.4 Å². The molecule has 1 atom stereocenters. The van der Waals surface area contributed by atoms with Crippen molar-refractivity contribution in [2.24, 2.45) is 0 Å². The van der Waals surface area contributed by atoms with Crippen molar-refractivity contribution in [2.45, 2.75) is 19.5 Å². The maximum absolute atomic E-state index is 9.83. The van der Waals surface area contributed by atoms with Gasteiger partial charge in [0.2, 0.25) is 0 Å². The van der Waals surface area contributed by atoms with Crippen molar-refractivity contribution >= 4 is 11.6 Å². The molecule has 0 heterocycles. The summed E-state index contributed by atoms with van der Waals surface area (Å²) >= 11 is 5.95. The van der Waals surface area contributed by atoms with Crippen LogP contribution in [0.25, 0.3) is 0 Å². The number of aromatic hydroxyl groups is 1. The first-order chi connectivity index (χ1) is 10.5. The maximum Gasteiger partial charge on any atom is 0.161 e. The van der Waals surface area contributed by atoms with Crippen molar-refractivity contribution in [2.75, 3.05) is 14.2 Å². The van der Waals surface area contributed by atoms with Gasteiger partial charge in [-0.15, -0.1) is 0 Å². The van der Waals surface area contributed by atoms with Crippen LogP contribution >= 0.6 is 11.6 Å². The Bertz CT molecular complexity index is 646. The summed E-state index contributed by atoms with van der Waals surface area (Å²) in [7, 11) is 3.23. The number of phenols is 1. The first kappa shape index (κ1) is 16.5. The van der Waals surface area contributed by atoms with Crippen LogP contribution in [0.15, 0.2) is 36.4 Å². The molecule has 0 spiro atoms. The van der Waals surface area contributed by atoms with Crippen molar-refractivity contribution < 1.29 is 14.6 Å². The number of phenolic OH excluding ortho intramolecular Hbond substituents is 1. The summed E-state index contributed by atoms with van der Waals surface area (Å²) in [5.41, 5.74) is 1.83. The molecule has 0 aliphatic heterocycles. The lowest BCUT2D eigenvalue weighted by Gasteiger charge is -2.17. The van der Waals surface area contributed by atoms with Crippen LogP contribution in [0.3, 0.4) is 0 Å². The lowest BCUT2D eigenvalue weighted by atomic mass is 10.1. The van der Waals surface area contributed by atoms with Gasteiger partial charge in [-0.1, -0.05) is 17.7 Å². The largest absolute Gasteiger partial charge is 0.508 e. The Labute approximate surface area is 135 Å². The number of rotatable bonds is 6. The lowest BCUT2D eigenvalue weighted by molar-refractivity contribution is 0.354. The molecule has 2 N–H and O–H groups in total. The van der Waals surface area contributed by atoms with Gasteiger partial charge in [0.1, 0.15) is 5.75 Å². The van der Waals surface area contributed by atoms with Crippen LogP contribution in [-0.4, -0.2) is 19.3 Å². The van der Waals surface area contributed by atoms with Crippen LogP contribution in [0.1, 0.15) is 24.1 Å². The molecule has 0 bridgehead atoms. The summed E-state index contributed by atoms with van der Waals surface area (Å²) in [6.45, 7) is 2.56. The van der Waals surface area contributed by atoms with E-state index in [9.17, 15) is 5.11 Å². The van der Waals surface area contributed by atoms with E-state index in [1.165, 1.54) is 0 Å². The van der Waals surface area contributed by atoms with Gasteiger partial charge in [0.25, 0.3) is 0 Å². The van der Waals surface area contributed by atoms with Crippen LogP contribution < -0.4 is 14.8 Å². The van der Waals surface area contributed by atoms with E-state index in [0.717, 1.165) is 11.1 Å². The molecule has 0 fully saturated rings. The minimum absolute atomic E-state index is 0.0817. The van der Waals surface area contributed by atoms with Crippen LogP contribution in [-0.2, 0) is 6.54 Å². The molecule has 0 saturated carbocycles. The van der Waals surface area contributed by atoms with Crippen molar-refractivity contribution in [1.82, 2.24) is 5.32 Å². The molecule has 0 unspecified atom stereocenters. The van der Waals surface area contributed by atoms with E-state index in [1.807, 2.05) is 25.1 Å². The second-order valence-electron chi connectivity index (χ2n) is 4.99. The molecule has 0 aromatic heterocycles. The molecule has 0 amide bonds. The predicted molar refractivity (Wildman–Crippen MR) is 87.9 cm³/mol. The highest BCUT2D eigenvalue weighted by Gasteiger charge is 2.11. The van der Waals surface area contributed by atoms with Crippen molar-refractivity contribution in [3.05, 3.63) is 52.5 Å². The molecule has 5 heteroatoms. The zero-order chi connectivity index (χ0) is 16.1. The zero-order valence-corrected chi connectivity index (χ0v) is 13.6. The Hall–Kier alpha value is -1.91. The van der Waals surface area contributed by atoms with E-state index >= 15 is 0 Å². The summed E-state index contributed by atoms with van der Waals surface area (Å²) in [6.07, 6.45) is 0. The van der Waals surface area contributed by atoms with Crippen molar-refractivity contribution in [3.63, 3.8) is 0 Å². The predicted octanol–water partition coefficient (Wildman–Crippen LogP) is 3.91. The van der Waals surface area contributed by atoms with Gasteiger partial charge in [-0.2, -0.15) is 0 Å². The fourth-order valence-electron chi connectivity index (χ4n) is 2.20. The normalized spacial score (nSPS) is 12.0. The fraction of sp³-hybridized carbons (Fsp3) is 0.294. The monoisotopic (exact) mass is 321 g/mol. The summed E-state index contributed by atoms with van der Waals surface area (Å²) in [6, 6.07) is 10.9. The summed E-state index contributed by atoms with van der Waals surface area (Å²) in [4.78, 5) is 0. The van der Waals surface area contributed by atoms with Crippen LogP contribution in [0.2, 0.25) is 5.02 Å². The van der Waals surface area contributed by atoms with Gasteiger partial charge in [-0.25, -0.2) is 0 Å². The highest BCUT2D eigenvalue weighted by Crippen LogP contribution is 2.30. The van der Waals surface area contributed by atoms with E-state index in [-0.39, 0.29) is 11.8 Å². The number of hydrogen-bond acceptors (Lipinski definition) is 4. The van der Waals surface area contributed by atoms with E-state index in [2.05, 4.69) is 5.32 Å². The molecule has 0 aliphatic rings. The highest BCUT2D eigenvalue weighted by molar-refractivity contribution is 6.30. The molecule has 22 heavy (non-hydrogen) atoms. The second-order valence-corrected chi connectivity index (χ2v) is 5.43. The van der Waals surface area contributed by atoms with Gasteiger partial charge in [-0.05, 0) is 42.8 Å². The number of halogens is 1. The Balaban J connectivity index is 2.09. The highest BCUT2D eigenvalue weighted by atomic mass is 35.5. The molecule has 2 aromatic carbocycles. The van der Waals surface area contributed by atoms with Gasteiger partial charge in [0, 0.05) is 23.2 Å². The van der Waals surface area contributed by atoms with Gasteiger partial charge >= 0.3 is 0 Å². The number of methoxy groups -OCH3 is 2. The third-order valence-electron chi connectivity index (χ3n) is 3.55. The van der Waals surface area contributed by atoms with E-state index in [4.69, 9.17) is 21.1 Å². The number of hydrogen-bond donors (Lipinski definition) is 2. The maximum atomic E-state index is 9.83. The van der Waals surface area contributed by atoms with Gasteiger partial charge in [0.15, 0.2) is 11.5 Å². The summed E-state index contributed by atoms with van der Waals surface area (Å²) in [5.74, 6) is 1.63. The van der Waals surface area contributed by atoms with Crippen molar-refractivity contribution in [1.29, 1.82) is 0 Å². The average molecular weight is 322 g/mol. The molecule has 0 aliphatic carbocycles. The van der Waals surface area contributed by atoms with E-state index < -0.39 is 0 Å². The minimum Gasteiger partial charge on any atom is -0.508 e. The molecule has 0 radical (unpaired) electrons. The first-order valence-corrected chi connectivity index (χ1v) is 7.35.